The summed E-state index contributed by atoms with van der Waals surface area (Å²) in [4.78, 5) is 4.07. The van der Waals surface area contributed by atoms with Crippen molar-refractivity contribution in [1.29, 1.82) is 0 Å². The predicted octanol–water partition coefficient (Wildman–Crippen LogP) is 1.58. The minimum Gasteiger partial charge on any atom is -0.396 e. The third kappa shape index (κ3) is 2.72. The summed E-state index contributed by atoms with van der Waals surface area (Å²) in [5.74, 6) is 0.509. The van der Waals surface area contributed by atoms with Gasteiger partial charge in [-0.2, -0.15) is 4.37 Å². The van der Waals surface area contributed by atoms with Crippen LogP contribution in [-0.4, -0.2) is 27.6 Å². The fourth-order valence-corrected chi connectivity index (χ4v) is 2.25. The number of aliphatic hydroxyl groups is 1. The third-order valence-corrected chi connectivity index (χ3v) is 3.11. The van der Waals surface area contributed by atoms with E-state index in [2.05, 4.69) is 14.7 Å². The van der Waals surface area contributed by atoms with Gasteiger partial charge in [-0.25, -0.2) is 0 Å². The SMILES string of the molecule is Nc1nsc(NCCCO)c1-c1cccnc1. The first-order chi connectivity index (χ1) is 8.33. The Kier molecular flexibility index (Phi) is 3.89. The molecule has 0 unspecified atom stereocenters. The normalized spacial score (nSPS) is 10.4. The molecule has 0 amide bonds. The molecular formula is C11H14N4OS. The Morgan fingerprint density at radius 1 is 1.47 bits per heavy atom. The van der Waals surface area contributed by atoms with Gasteiger partial charge in [-0.1, -0.05) is 6.07 Å². The van der Waals surface area contributed by atoms with Gasteiger partial charge in [-0.3, -0.25) is 4.98 Å². The summed E-state index contributed by atoms with van der Waals surface area (Å²) < 4.78 is 4.14. The van der Waals surface area contributed by atoms with Crippen LogP contribution in [0.4, 0.5) is 10.8 Å². The molecule has 5 nitrogen and oxygen atoms in total. The number of nitrogens with zero attached hydrogens (tertiary/aromatic N) is 2. The van der Waals surface area contributed by atoms with Crippen LogP contribution in [0.15, 0.2) is 24.5 Å². The Labute approximate surface area is 103 Å². The summed E-state index contributed by atoms with van der Waals surface area (Å²) in [6.45, 7) is 0.870. The van der Waals surface area contributed by atoms with Crippen LogP contribution < -0.4 is 11.1 Å². The van der Waals surface area contributed by atoms with Gasteiger partial charge in [0.15, 0.2) is 0 Å². The van der Waals surface area contributed by atoms with Gasteiger partial charge >= 0.3 is 0 Å². The Morgan fingerprint density at radius 2 is 2.35 bits per heavy atom. The smallest absolute Gasteiger partial charge is 0.147 e. The average molecular weight is 250 g/mol. The van der Waals surface area contributed by atoms with Crippen molar-refractivity contribution in [2.24, 2.45) is 0 Å². The van der Waals surface area contributed by atoms with E-state index in [1.807, 2.05) is 12.1 Å². The molecule has 6 heteroatoms. The predicted molar refractivity (Wildman–Crippen MR) is 69.9 cm³/mol. The number of aliphatic hydroxyl groups excluding tert-OH is 1. The summed E-state index contributed by atoms with van der Waals surface area (Å²) in [6.07, 6.45) is 4.18. The Balaban J connectivity index is 2.24. The fourth-order valence-electron chi connectivity index (χ4n) is 1.49. The number of hydrogen-bond donors (Lipinski definition) is 3. The molecule has 2 rings (SSSR count). The topological polar surface area (TPSA) is 84.1 Å². The van der Waals surface area contributed by atoms with Gasteiger partial charge in [-0.05, 0) is 24.0 Å². The summed E-state index contributed by atoms with van der Waals surface area (Å²) in [5.41, 5.74) is 7.70. The maximum atomic E-state index is 8.75. The fraction of sp³-hybridized carbons (Fsp3) is 0.273. The molecule has 0 radical (unpaired) electrons. The highest BCUT2D eigenvalue weighted by atomic mass is 32.1. The van der Waals surface area contributed by atoms with Crippen LogP contribution in [0.3, 0.4) is 0 Å². The number of pyridine rings is 1. The molecule has 0 saturated heterocycles. The lowest BCUT2D eigenvalue weighted by Crippen LogP contribution is -2.03. The maximum Gasteiger partial charge on any atom is 0.147 e. The molecule has 17 heavy (non-hydrogen) atoms. The standard InChI is InChI=1S/C11H14N4OS/c12-10-9(8-3-1-4-13-7-8)11(17-15-10)14-5-2-6-16/h1,3-4,7,14,16H,2,5-6H2,(H2,12,15). The third-order valence-electron chi connectivity index (χ3n) is 2.29. The van der Waals surface area contributed by atoms with Crippen LogP contribution in [0, 0.1) is 0 Å². The highest BCUT2D eigenvalue weighted by Gasteiger charge is 2.13. The molecule has 2 aromatic rings. The summed E-state index contributed by atoms with van der Waals surface area (Å²) in [5, 5.41) is 12.9. The second-order valence-electron chi connectivity index (χ2n) is 3.52. The molecule has 90 valence electrons. The lowest BCUT2D eigenvalue weighted by molar-refractivity contribution is 0.292. The van der Waals surface area contributed by atoms with Gasteiger partial charge in [0.05, 0.1) is 5.56 Å². The van der Waals surface area contributed by atoms with Crippen LogP contribution in [0.1, 0.15) is 6.42 Å². The van der Waals surface area contributed by atoms with E-state index in [0.29, 0.717) is 18.8 Å². The first kappa shape index (κ1) is 11.8. The van der Waals surface area contributed by atoms with E-state index < -0.39 is 0 Å². The molecule has 0 aliphatic heterocycles. The second kappa shape index (κ2) is 5.60. The molecule has 0 aliphatic carbocycles. The highest BCUT2D eigenvalue weighted by Crippen LogP contribution is 2.36. The van der Waals surface area contributed by atoms with Gasteiger partial charge in [0, 0.05) is 31.1 Å². The lowest BCUT2D eigenvalue weighted by atomic mass is 10.1. The van der Waals surface area contributed by atoms with E-state index in [1.165, 1.54) is 11.5 Å². The number of nitrogens with one attached hydrogen (secondary N) is 1. The van der Waals surface area contributed by atoms with Gasteiger partial charge in [0.1, 0.15) is 10.8 Å². The summed E-state index contributed by atoms with van der Waals surface area (Å²) in [6, 6.07) is 3.81. The van der Waals surface area contributed by atoms with Crippen molar-refractivity contribution < 1.29 is 5.11 Å². The van der Waals surface area contributed by atoms with Crippen molar-refractivity contribution in [1.82, 2.24) is 9.36 Å². The summed E-state index contributed by atoms with van der Waals surface area (Å²) in [7, 11) is 0. The molecular weight excluding hydrogens is 236 g/mol. The molecule has 0 aromatic carbocycles. The Hall–Kier alpha value is -1.66. The van der Waals surface area contributed by atoms with E-state index in [9.17, 15) is 0 Å². The number of anilines is 2. The van der Waals surface area contributed by atoms with Crippen molar-refractivity contribution in [3.8, 4) is 11.1 Å². The molecule has 0 spiro atoms. The second-order valence-corrected chi connectivity index (χ2v) is 4.29. The minimum atomic E-state index is 0.170. The molecule has 0 atom stereocenters. The number of nitrogen functional groups attached to an aromatic ring is 1. The number of rotatable bonds is 5. The molecule has 2 aromatic heterocycles. The van der Waals surface area contributed by atoms with Gasteiger partial charge < -0.3 is 16.2 Å². The highest BCUT2D eigenvalue weighted by molar-refractivity contribution is 7.11. The van der Waals surface area contributed by atoms with Crippen LogP contribution >= 0.6 is 11.5 Å². The van der Waals surface area contributed by atoms with Crippen LogP contribution in [0.2, 0.25) is 0 Å². The Bertz CT molecular complexity index is 472. The Morgan fingerprint density at radius 3 is 3.06 bits per heavy atom. The zero-order chi connectivity index (χ0) is 12.1. The monoisotopic (exact) mass is 250 g/mol. The van der Waals surface area contributed by atoms with E-state index in [1.54, 1.807) is 12.4 Å². The van der Waals surface area contributed by atoms with Gasteiger partial charge in [0.2, 0.25) is 0 Å². The first-order valence-electron chi connectivity index (χ1n) is 5.33. The maximum absolute atomic E-state index is 8.75. The molecule has 4 N–H and O–H groups in total. The van der Waals surface area contributed by atoms with Crippen molar-refractivity contribution in [2.45, 2.75) is 6.42 Å². The first-order valence-corrected chi connectivity index (χ1v) is 6.10. The molecule has 0 fully saturated rings. The number of nitrogens with two attached hydrogens (primary N) is 1. The van der Waals surface area contributed by atoms with Crippen molar-refractivity contribution in [2.75, 3.05) is 24.2 Å². The molecule has 0 aliphatic rings. The average Bonchev–Trinajstić information content (AvgIpc) is 2.72. The number of aromatic nitrogens is 2. The van der Waals surface area contributed by atoms with Crippen LogP contribution in [0.5, 0.6) is 0 Å². The molecule has 0 bridgehead atoms. The quantitative estimate of drug-likeness (QED) is 0.702. The van der Waals surface area contributed by atoms with E-state index in [4.69, 9.17) is 10.8 Å². The van der Waals surface area contributed by atoms with Gasteiger partial charge in [-0.15, -0.1) is 0 Å². The largest absolute Gasteiger partial charge is 0.396 e. The van der Waals surface area contributed by atoms with Crippen molar-refractivity contribution in [3.05, 3.63) is 24.5 Å². The van der Waals surface area contributed by atoms with Crippen LogP contribution in [0.25, 0.3) is 11.1 Å². The van der Waals surface area contributed by atoms with E-state index >= 15 is 0 Å². The lowest BCUT2D eigenvalue weighted by Gasteiger charge is -2.05. The van der Waals surface area contributed by atoms with E-state index in [0.717, 1.165) is 16.1 Å². The van der Waals surface area contributed by atoms with Crippen LogP contribution in [-0.2, 0) is 0 Å². The van der Waals surface area contributed by atoms with E-state index in [-0.39, 0.29) is 6.61 Å². The molecule has 2 heterocycles. The zero-order valence-corrected chi connectivity index (χ0v) is 10.1. The minimum absolute atomic E-state index is 0.170. The van der Waals surface area contributed by atoms with Gasteiger partial charge in [0.25, 0.3) is 0 Å². The number of hydrogen-bond acceptors (Lipinski definition) is 6. The van der Waals surface area contributed by atoms with Crippen molar-refractivity contribution >= 4 is 22.4 Å². The zero-order valence-electron chi connectivity index (χ0n) is 9.26. The summed E-state index contributed by atoms with van der Waals surface area (Å²) >= 11 is 1.33. The van der Waals surface area contributed by atoms with Crippen molar-refractivity contribution in [3.63, 3.8) is 0 Å². The molecule has 0 saturated carbocycles.